The van der Waals surface area contributed by atoms with Crippen LogP contribution in [-0.2, 0) is 35.1 Å². The molecule has 0 bridgehead atoms. The number of carboxylic acid groups (broad SMARTS) is 1. The monoisotopic (exact) mass is 706 g/mol. The molecule has 4 amide bonds. The van der Waals surface area contributed by atoms with E-state index in [-0.39, 0.29) is 26.0 Å². The van der Waals surface area contributed by atoms with Crippen molar-refractivity contribution in [2.75, 3.05) is 13.2 Å². The summed E-state index contributed by atoms with van der Waals surface area (Å²) in [7, 11) is 0. The summed E-state index contributed by atoms with van der Waals surface area (Å²) >= 11 is 0. The lowest BCUT2D eigenvalue weighted by molar-refractivity contribution is -0.149. The number of likely N-dealkylation sites (tertiary alicyclic amines) is 1. The number of alkyl carbamates (subject to hydrolysis) is 1. The van der Waals surface area contributed by atoms with Gasteiger partial charge in [0.1, 0.15) is 29.3 Å². The minimum absolute atomic E-state index is 0.109. The Bertz CT molecular complexity index is 1520. The average molecular weight is 707 g/mol. The lowest BCUT2D eigenvalue weighted by Gasteiger charge is -2.34. The van der Waals surface area contributed by atoms with E-state index in [4.69, 9.17) is 9.47 Å². The number of carbonyl (C=O) groups is 6. The molecular formula is C38H50N4O9. The molecule has 4 rings (SSSR count). The van der Waals surface area contributed by atoms with Crippen molar-refractivity contribution in [3.05, 3.63) is 71.8 Å². The van der Waals surface area contributed by atoms with Gasteiger partial charge in [0.25, 0.3) is 0 Å². The molecule has 51 heavy (non-hydrogen) atoms. The van der Waals surface area contributed by atoms with Crippen molar-refractivity contribution in [2.24, 2.45) is 0 Å². The number of aliphatic carboxylic acids is 1. The largest absolute Gasteiger partial charge is 0.480 e. The second-order valence-electron chi connectivity index (χ2n) is 14.2. The summed E-state index contributed by atoms with van der Waals surface area (Å²) < 4.78 is 10.8. The molecule has 276 valence electrons. The van der Waals surface area contributed by atoms with Gasteiger partial charge in [-0.05, 0) is 83.4 Å². The van der Waals surface area contributed by atoms with Crippen LogP contribution < -0.4 is 16.0 Å². The van der Waals surface area contributed by atoms with Crippen LogP contribution in [0.25, 0.3) is 0 Å². The number of ether oxygens (including phenoxy) is 2. The Labute approximate surface area is 298 Å². The van der Waals surface area contributed by atoms with Crippen molar-refractivity contribution >= 4 is 35.8 Å². The Morgan fingerprint density at radius 3 is 2.16 bits per heavy atom. The van der Waals surface area contributed by atoms with E-state index in [1.54, 1.807) is 51.1 Å². The first-order valence-electron chi connectivity index (χ1n) is 17.7. The molecule has 4 N–H and O–H groups in total. The minimum atomic E-state index is -1.36. The van der Waals surface area contributed by atoms with Crippen molar-refractivity contribution in [1.82, 2.24) is 20.9 Å². The number of unbranched alkanes of at least 4 members (excludes halogenated alkanes) is 1. The second kappa shape index (κ2) is 17.8. The van der Waals surface area contributed by atoms with Crippen LogP contribution in [0, 0.1) is 0 Å². The summed E-state index contributed by atoms with van der Waals surface area (Å²) in [5, 5.41) is 18.2. The van der Waals surface area contributed by atoms with Crippen LogP contribution in [-0.4, -0.2) is 88.2 Å². The number of hydrogen-bond acceptors (Lipinski definition) is 8. The number of hydrogen-bond donors (Lipinski definition) is 4. The topological polar surface area (TPSA) is 180 Å². The highest BCUT2D eigenvalue weighted by Gasteiger charge is 2.46. The highest BCUT2D eigenvalue weighted by atomic mass is 16.6. The number of nitrogens with one attached hydrogen (secondary N) is 3. The predicted molar refractivity (Wildman–Crippen MR) is 188 cm³/mol. The molecule has 13 heteroatoms. The number of nitrogens with zero attached hydrogens (tertiary/aromatic N) is 1. The summed E-state index contributed by atoms with van der Waals surface area (Å²) in [5.41, 5.74) is -0.972. The number of benzene rings is 2. The van der Waals surface area contributed by atoms with Crippen molar-refractivity contribution in [2.45, 2.75) is 114 Å². The maximum absolute atomic E-state index is 14.2. The highest BCUT2D eigenvalue weighted by molar-refractivity contribution is 5.97. The molecule has 2 aliphatic rings. The van der Waals surface area contributed by atoms with E-state index < -0.39 is 65.0 Å². The van der Waals surface area contributed by atoms with Gasteiger partial charge < -0.3 is 35.4 Å². The van der Waals surface area contributed by atoms with Crippen LogP contribution in [0.1, 0.15) is 94.5 Å². The van der Waals surface area contributed by atoms with Crippen LogP contribution >= 0.6 is 0 Å². The van der Waals surface area contributed by atoms with Gasteiger partial charge >= 0.3 is 18.0 Å². The first kappa shape index (κ1) is 38.9. The van der Waals surface area contributed by atoms with E-state index in [0.29, 0.717) is 56.9 Å². The zero-order chi connectivity index (χ0) is 37.0. The average Bonchev–Trinajstić information content (AvgIpc) is 3.78. The molecule has 2 aromatic rings. The third kappa shape index (κ3) is 11.3. The third-order valence-electron chi connectivity index (χ3n) is 9.10. The number of carbonyl (C=O) groups excluding carboxylic acids is 5. The standard InChI is InChI=1S/C38H50N4O9/c1-37(2,3)51-36(49)40-28(19-10-13-24-50-34(47)27-17-8-5-9-18-27)31(43)41-38(21-11-12-22-38)35(48)39-29(25-26-15-6-4-7-16-26)32(44)42-23-14-20-30(42)33(45)46/h4-9,15-18,28-30H,10-14,19-25H2,1-3H3,(H,39,48)(H,40,49)(H,41,43)(H,45,46)/t28-,29-,30+/m0/s1. The van der Waals surface area contributed by atoms with Crippen LogP contribution in [0.15, 0.2) is 60.7 Å². The fourth-order valence-corrected chi connectivity index (χ4v) is 6.54. The molecular weight excluding hydrogens is 656 g/mol. The number of amides is 4. The van der Waals surface area contributed by atoms with E-state index in [9.17, 15) is 33.9 Å². The van der Waals surface area contributed by atoms with E-state index in [0.717, 1.165) is 5.56 Å². The van der Waals surface area contributed by atoms with Gasteiger partial charge in [0.2, 0.25) is 17.7 Å². The number of rotatable bonds is 15. The van der Waals surface area contributed by atoms with E-state index in [2.05, 4.69) is 16.0 Å². The normalized spacial score (nSPS) is 17.9. The molecule has 0 spiro atoms. The third-order valence-corrected chi connectivity index (χ3v) is 9.10. The van der Waals surface area contributed by atoms with Crippen LogP contribution in [0.5, 0.6) is 0 Å². The Kier molecular flexibility index (Phi) is 13.6. The van der Waals surface area contributed by atoms with Gasteiger partial charge in [0, 0.05) is 13.0 Å². The van der Waals surface area contributed by atoms with Crippen LogP contribution in [0.4, 0.5) is 4.79 Å². The summed E-state index contributed by atoms with van der Waals surface area (Å²) in [6, 6.07) is 14.6. The van der Waals surface area contributed by atoms with Crippen molar-refractivity contribution in [1.29, 1.82) is 0 Å². The van der Waals surface area contributed by atoms with Gasteiger partial charge in [-0.1, -0.05) is 61.4 Å². The molecule has 0 radical (unpaired) electrons. The zero-order valence-electron chi connectivity index (χ0n) is 29.7. The van der Waals surface area contributed by atoms with Gasteiger partial charge in [0.05, 0.1) is 12.2 Å². The summed E-state index contributed by atoms with van der Waals surface area (Å²) in [4.78, 5) is 80.3. The Morgan fingerprint density at radius 2 is 1.53 bits per heavy atom. The predicted octanol–water partition coefficient (Wildman–Crippen LogP) is 4.14. The molecule has 1 saturated heterocycles. The molecule has 0 unspecified atom stereocenters. The maximum Gasteiger partial charge on any atom is 0.408 e. The highest BCUT2D eigenvalue weighted by Crippen LogP contribution is 2.31. The summed E-state index contributed by atoms with van der Waals surface area (Å²) in [6.45, 7) is 5.48. The maximum atomic E-state index is 14.2. The lowest BCUT2D eigenvalue weighted by Crippen LogP contribution is -2.64. The van der Waals surface area contributed by atoms with Gasteiger partial charge in [-0.3, -0.25) is 14.4 Å². The fourth-order valence-electron chi connectivity index (χ4n) is 6.54. The Morgan fingerprint density at radius 1 is 0.882 bits per heavy atom. The molecule has 1 heterocycles. The van der Waals surface area contributed by atoms with Crippen molar-refractivity contribution in [3.8, 4) is 0 Å². The van der Waals surface area contributed by atoms with Crippen LogP contribution in [0.2, 0.25) is 0 Å². The Hall–Kier alpha value is -4.94. The van der Waals surface area contributed by atoms with Crippen molar-refractivity contribution < 1.29 is 43.3 Å². The molecule has 1 aliphatic heterocycles. The fraction of sp³-hybridized carbons (Fsp3) is 0.526. The quantitative estimate of drug-likeness (QED) is 0.156. The second-order valence-corrected chi connectivity index (χ2v) is 14.2. The van der Waals surface area contributed by atoms with E-state index in [1.807, 2.05) is 30.3 Å². The SMILES string of the molecule is CC(C)(C)OC(=O)N[C@@H](CCCCOC(=O)c1ccccc1)C(=O)NC1(C(=O)N[C@@H](Cc2ccccc2)C(=O)N2CCC[C@@H]2C(=O)O)CCCC1. The molecule has 1 aliphatic carbocycles. The Balaban J connectivity index is 1.47. The lowest BCUT2D eigenvalue weighted by atomic mass is 9.93. The van der Waals surface area contributed by atoms with Gasteiger partial charge in [-0.2, -0.15) is 0 Å². The van der Waals surface area contributed by atoms with E-state index >= 15 is 0 Å². The summed E-state index contributed by atoms with van der Waals surface area (Å²) in [6.07, 6.45) is 3.12. The molecule has 2 fully saturated rings. The molecule has 3 atom stereocenters. The summed E-state index contributed by atoms with van der Waals surface area (Å²) in [5.74, 6) is -3.18. The molecule has 0 aromatic heterocycles. The zero-order valence-corrected chi connectivity index (χ0v) is 29.7. The van der Waals surface area contributed by atoms with Crippen LogP contribution in [0.3, 0.4) is 0 Å². The first-order valence-corrected chi connectivity index (χ1v) is 17.7. The smallest absolute Gasteiger partial charge is 0.408 e. The first-order chi connectivity index (χ1) is 24.3. The van der Waals surface area contributed by atoms with Crippen molar-refractivity contribution in [3.63, 3.8) is 0 Å². The minimum Gasteiger partial charge on any atom is -0.480 e. The number of esters is 1. The van der Waals surface area contributed by atoms with E-state index in [1.165, 1.54) is 4.90 Å². The molecule has 13 nitrogen and oxygen atoms in total. The van der Waals surface area contributed by atoms with Gasteiger partial charge in [-0.15, -0.1) is 0 Å². The molecule has 2 aromatic carbocycles. The van der Waals surface area contributed by atoms with Gasteiger partial charge in [-0.25, -0.2) is 14.4 Å². The molecule has 1 saturated carbocycles. The number of carboxylic acids is 1. The van der Waals surface area contributed by atoms with Gasteiger partial charge in [0.15, 0.2) is 0 Å².